The fourth-order valence-corrected chi connectivity index (χ4v) is 5.12. The van der Waals surface area contributed by atoms with E-state index in [-0.39, 0.29) is 0 Å². The standard InChI is InChI=1S/C23H28N2OS/c1-4-16-13-20-17(14-23(16)26-2)11-12-25(27-3)22(20)10-9-18-15-24-21-8-6-5-7-19(18)21/h5-8,13-15,22,24H,4,9-12H2,1-3H3. The van der Waals surface area contributed by atoms with Crippen LogP contribution in [-0.2, 0) is 19.3 Å². The molecular weight excluding hydrogens is 352 g/mol. The first-order valence-electron chi connectivity index (χ1n) is 9.80. The number of nitrogens with zero attached hydrogens (tertiary/aromatic N) is 1. The van der Waals surface area contributed by atoms with Crippen LogP contribution in [0.15, 0.2) is 42.6 Å². The number of benzene rings is 2. The zero-order valence-electron chi connectivity index (χ0n) is 16.4. The Labute approximate surface area is 166 Å². The number of hydrogen-bond donors (Lipinski definition) is 1. The van der Waals surface area contributed by atoms with Gasteiger partial charge in [-0.05, 0) is 66.3 Å². The van der Waals surface area contributed by atoms with E-state index in [4.69, 9.17) is 4.74 Å². The van der Waals surface area contributed by atoms with E-state index < -0.39 is 0 Å². The highest BCUT2D eigenvalue weighted by molar-refractivity contribution is 7.96. The van der Waals surface area contributed by atoms with E-state index in [2.05, 4.69) is 65.1 Å². The molecule has 3 aromatic rings. The third-order valence-corrected chi connectivity index (χ3v) is 6.73. The highest BCUT2D eigenvalue weighted by Crippen LogP contribution is 2.40. The Kier molecular flexibility index (Phi) is 5.46. The van der Waals surface area contributed by atoms with Crippen LogP contribution in [0.1, 0.15) is 41.6 Å². The summed E-state index contributed by atoms with van der Waals surface area (Å²) in [5.74, 6) is 1.05. The molecular formula is C23H28N2OS. The monoisotopic (exact) mass is 380 g/mol. The van der Waals surface area contributed by atoms with Crippen molar-refractivity contribution >= 4 is 22.9 Å². The molecule has 1 aliphatic heterocycles. The van der Waals surface area contributed by atoms with Crippen LogP contribution >= 0.6 is 11.9 Å². The number of rotatable bonds is 6. The normalized spacial score (nSPS) is 17.2. The van der Waals surface area contributed by atoms with Crippen molar-refractivity contribution in [3.05, 3.63) is 64.8 Å². The van der Waals surface area contributed by atoms with Gasteiger partial charge in [0.1, 0.15) is 5.75 Å². The van der Waals surface area contributed by atoms with Crippen LogP contribution in [-0.4, -0.2) is 29.2 Å². The lowest BCUT2D eigenvalue weighted by Gasteiger charge is -2.36. The second-order valence-electron chi connectivity index (χ2n) is 7.20. The number of fused-ring (bicyclic) bond motifs is 2. The maximum atomic E-state index is 5.63. The van der Waals surface area contributed by atoms with Crippen LogP contribution in [0.3, 0.4) is 0 Å². The largest absolute Gasteiger partial charge is 0.496 e. The van der Waals surface area contributed by atoms with Crippen molar-refractivity contribution in [2.45, 2.75) is 38.6 Å². The number of hydrogen-bond acceptors (Lipinski definition) is 3. The van der Waals surface area contributed by atoms with Crippen LogP contribution in [0.25, 0.3) is 10.9 Å². The fourth-order valence-electron chi connectivity index (χ4n) is 4.37. The molecule has 0 saturated heterocycles. The van der Waals surface area contributed by atoms with Gasteiger partial charge in [0.25, 0.3) is 0 Å². The van der Waals surface area contributed by atoms with Crippen LogP contribution in [0.5, 0.6) is 5.75 Å². The summed E-state index contributed by atoms with van der Waals surface area (Å²) >= 11 is 1.88. The molecule has 4 rings (SSSR count). The molecule has 0 aliphatic carbocycles. The Morgan fingerprint density at radius 1 is 1.22 bits per heavy atom. The summed E-state index contributed by atoms with van der Waals surface area (Å²) in [5, 5.41) is 1.35. The molecule has 0 amide bonds. The number of ether oxygens (including phenoxy) is 1. The first-order valence-corrected chi connectivity index (χ1v) is 11.0. The van der Waals surface area contributed by atoms with E-state index in [0.29, 0.717) is 6.04 Å². The summed E-state index contributed by atoms with van der Waals surface area (Å²) < 4.78 is 8.19. The van der Waals surface area contributed by atoms with Crippen molar-refractivity contribution in [3.63, 3.8) is 0 Å². The van der Waals surface area contributed by atoms with Gasteiger partial charge in [0.15, 0.2) is 0 Å². The van der Waals surface area contributed by atoms with Gasteiger partial charge in [-0.2, -0.15) is 0 Å². The first kappa shape index (κ1) is 18.5. The summed E-state index contributed by atoms with van der Waals surface area (Å²) in [6, 6.07) is 13.7. The lowest BCUT2D eigenvalue weighted by molar-refractivity contribution is 0.322. The van der Waals surface area contributed by atoms with E-state index in [9.17, 15) is 0 Å². The molecule has 1 atom stereocenters. The number of H-pyrrole nitrogens is 1. The first-order chi connectivity index (χ1) is 13.2. The molecule has 1 unspecified atom stereocenters. The van der Waals surface area contributed by atoms with Gasteiger partial charge in [-0.15, -0.1) is 0 Å². The minimum absolute atomic E-state index is 0.452. The third kappa shape index (κ3) is 3.48. The second kappa shape index (κ2) is 7.99. The van der Waals surface area contributed by atoms with Crippen molar-refractivity contribution in [1.82, 2.24) is 9.29 Å². The minimum Gasteiger partial charge on any atom is -0.496 e. The summed E-state index contributed by atoms with van der Waals surface area (Å²) in [6.45, 7) is 3.31. The molecule has 4 heteroatoms. The number of nitrogens with one attached hydrogen (secondary N) is 1. The maximum Gasteiger partial charge on any atom is 0.122 e. The summed E-state index contributed by atoms with van der Waals surface area (Å²) in [4.78, 5) is 3.42. The van der Waals surface area contributed by atoms with E-state index in [1.165, 1.54) is 33.2 Å². The lowest BCUT2D eigenvalue weighted by Crippen LogP contribution is -2.30. The van der Waals surface area contributed by atoms with Crippen LogP contribution in [0, 0.1) is 0 Å². The number of aryl methyl sites for hydroxylation is 2. The Morgan fingerprint density at radius 2 is 2.07 bits per heavy atom. The molecule has 0 spiro atoms. The Balaban J connectivity index is 1.64. The Bertz CT molecular complexity index is 933. The van der Waals surface area contributed by atoms with E-state index in [1.54, 1.807) is 7.11 Å². The molecule has 0 radical (unpaired) electrons. The predicted octanol–water partition coefficient (Wildman–Crippen LogP) is 5.55. The van der Waals surface area contributed by atoms with Crippen molar-refractivity contribution < 1.29 is 4.74 Å². The van der Waals surface area contributed by atoms with Crippen molar-refractivity contribution in [2.75, 3.05) is 19.9 Å². The van der Waals surface area contributed by atoms with E-state index in [0.717, 1.165) is 38.0 Å². The fraction of sp³-hybridized carbons (Fsp3) is 0.391. The maximum absolute atomic E-state index is 5.63. The van der Waals surface area contributed by atoms with Crippen molar-refractivity contribution in [3.8, 4) is 5.75 Å². The second-order valence-corrected chi connectivity index (χ2v) is 8.04. The molecule has 0 saturated carbocycles. The minimum atomic E-state index is 0.452. The zero-order valence-corrected chi connectivity index (χ0v) is 17.2. The average Bonchev–Trinajstić information content (AvgIpc) is 3.13. The van der Waals surface area contributed by atoms with E-state index in [1.807, 2.05) is 11.9 Å². The lowest BCUT2D eigenvalue weighted by atomic mass is 9.88. The molecule has 1 aromatic heterocycles. The Hall–Kier alpha value is -1.91. The van der Waals surface area contributed by atoms with Gasteiger partial charge in [-0.3, -0.25) is 0 Å². The highest BCUT2D eigenvalue weighted by Gasteiger charge is 2.28. The van der Waals surface area contributed by atoms with Gasteiger partial charge in [-0.25, -0.2) is 4.31 Å². The number of methoxy groups -OCH3 is 1. The molecule has 3 nitrogen and oxygen atoms in total. The van der Waals surface area contributed by atoms with Crippen molar-refractivity contribution in [2.24, 2.45) is 0 Å². The van der Waals surface area contributed by atoms with Crippen molar-refractivity contribution in [1.29, 1.82) is 0 Å². The van der Waals surface area contributed by atoms with Gasteiger partial charge in [-0.1, -0.05) is 43.1 Å². The summed E-state index contributed by atoms with van der Waals surface area (Å²) in [7, 11) is 1.78. The zero-order chi connectivity index (χ0) is 18.8. The molecule has 0 bridgehead atoms. The number of aromatic amines is 1. The van der Waals surface area contributed by atoms with Gasteiger partial charge < -0.3 is 9.72 Å². The molecule has 1 aliphatic rings. The molecule has 27 heavy (non-hydrogen) atoms. The van der Waals surface area contributed by atoms with Gasteiger partial charge in [0, 0.05) is 29.7 Å². The van der Waals surface area contributed by atoms with Crippen LogP contribution in [0.4, 0.5) is 0 Å². The number of aromatic nitrogens is 1. The van der Waals surface area contributed by atoms with Gasteiger partial charge in [0.05, 0.1) is 7.11 Å². The Morgan fingerprint density at radius 3 is 2.85 bits per heavy atom. The van der Waals surface area contributed by atoms with E-state index >= 15 is 0 Å². The smallest absolute Gasteiger partial charge is 0.122 e. The SMILES string of the molecule is CCc1cc2c(cc1OC)CCN(SC)C2CCc1c[nH]c2ccccc12. The average molecular weight is 381 g/mol. The molecule has 1 N–H and O–H groups in total. The highest BCUT2D eigenvalue weighted by atomic mass is 32.2. The van der Waals surface area contributed by atoms with Gasteiger partial charge >= 0.3 is 0 Å². The topological polar surface area (TPSA) is 28.3 Å². The number of para-hydroxylation sites is 1. The molecule has 142 valence electrons. The predicted molar refractivity (Wildman–Crippen MR) is 116 cm³/mol. The molecule has 0 fully saturated rings. The van der Waals surface area contributed by atoms with Crippen LogP contribution < -0.4 is 4.74 Å². The molecule has 2 aromatic carbocycles. The summed E-state index contributed by atoms with van der Waals surface area (Å²) in [5.41, 5.74) is 6.92. The summed E-state index contributed by atoms with van der Waals surface area (Å²) in [6.07, 6.45) is 8.70. The quantitative estimate of drug-likeness (QED) is 0.568. The van der Waals surface area contributed by atoms with Gasteiger partial charge in [0.2, 0.25) is 0 Å². The van der Waals surface area contributed by atoms with Crippen LogP contribution in [0.2, 0.25) is 0 Å². The molecule has 2 heterocycles. The third-order valence-electron chi connectivity index (χ3n) is 5.83.